The molecule has 0 aromatic carbocycles. The van der Waals surface area contributed by atoms with E-state index < -0.39 is 0 Å². The third-order valence-electron chi connectivity index (χ3n) is 1.84. The summed E-state index contributed by atoms with van der Waals surface area (Å²) in [7, 11) is 0. The molecule has 0 atom stereocenters. The second-order valence-electron chi connectivity index (χ2n) is 2.77. The van der Waals surface area contributed by atoms with E-state index in [-0.39, 0.29) is 0 Å². The number of rotatable bonds is 1. The van der Waals surface area contributed by atoms with Crippen LogP contribution in [0.5, 0.6) is 0 Å². The summed E-state index contributed by atoms with van der Waals surface area (Å²) < 4.78 is 0. The molecule has 1 aliphatic carbocycles. The molecule has 11 heavy (non-hydrogen) atoms. The van der Waals surface area contributed by atoms with Crippen LogP contribution in [0, 0.1) is 5.92 Å². The first kappa shape index (κ1) is 10.3. The van der Waals surface area contributed by atoms with Crippen molar-refractivity contribution in [3.63, 3.8) is 0 Å². The highest BCUT2D eigenvalue weighted by Gasteiger charge is 2.10. The first-order valence-electron chi connectivity index (χ1n) is 4.20. The van der Waals surface area contributed by atoms with E-state index in [1.165, 1.54) is 26.2 Å². The summed E-state index contributed by atoms with van der Waals surface area (Å²) in [6, 6.07) is 0. The Balaban J connectivity index is 0.000000292. The third kappa shape index (κ3) is 5.77. The van der Waals surface area contributed by atoms with Crippen molar-refractivity contribution in [2.24, 2.45) is 5.92 Å². The third-order valence-corrected chi connectivity index (χ3v) is 1.84. The Morgan fingerprint density at radius 1 is 1.09 bits per heavy atom. The van der Waals surface area contributed by atoms with Gasteiger partial charge in [-0.1, -0.05) is 19.3 Å². The molecule has 0 unspecified atom stereocenters. The highest BCUT2D eigenvalue weighted by molar-refractivity contribution is 5.53. The van der Waals surface area contributed by atoms with Gasteiger partial charge in [0.1, 0.15) is 12.6 Å². The number of hydrogen-bond acceptors (Lipinski definition) is 2. The largest absolute Gasteiger partial charge is 0.304 e. The number of aldehydes is 2. The van der Waals surface area contributed by atoms with E-state index in [2.05, 4.69) is 0 Å². The fourth-order valence-electron chi connectivity index (χ4n) is 1.27. The molecule has 0 aliphatic heterocycles. The standard InChI is InChI=1S/C7H12O.C2H4O/c8-6-7-4-2-1-3-5-7;1-2-3/h6-7H,1-5H2;2H,1H3. The van der Waals surface area contributed by atoms with Gasteiger partial charge in [-0.15, -0.1) is 0 Å². The highest BCUT2D eigenvalue weighted by atomic mass is 16.1. The number of hydrogen-bond donors (Lipinski definition) is 0. The van der Waals surface area contributed by atoms with Crippen LogP contribution in [0.3, 0.4) is 0 Å². The average molecular weight is 156 g/mol. The maximum absolute atomic E-state index is 10.2. The van der Waals surface area contributed by atoms with Gasteiger partial charge in [-0.2, -0.15) is 0 Å². The topological polar surface area (TPSA) is 34.1 Å². The van der Waals surface area contributed by atoms with Crippen molar-refractivity contribution in [1.82, 2.24) is 0 Å². The molecule has 1 rings (SSSR count). The quantitative estimate of drug-likeness (QED) is 0.544. The lowest BCUT2D eigenvalue weighted by Gasteiger charge is -2.14. The first-order chi connectivity index (χ1) is 5.35. The van der Waals surface area contributed by atoms with Crippen molar-refractivity contribution in [3.8, 4) is 0 Å². The van der Waals surface area contributed by atoms with Gasteiger partial charge in [0.15, 0.2) is 0 Å². The van der Waals surface area contributed by atoms with E-state index in [0.717, 1.165) is 25.4 Å². The lowest BCUT2D eigenvalue weighted by Crippen LogP contribution is -2.06. The van der Waals surface area contributed by atoms with Crippen molar-refractivity contribution >= 4 is 12.6 Å². The zero-order valence-electron chi connectivity index (χ0n) is 7.08. The van der Waals surface area contributed by atoms with Gasteiger partial charge in [-0.25, -0.2) is 0 Å². The van der Waals surface area contributed by atoms with Crippen LogP contribution in [-0.2, 0) is 9.59 Å². The number of carbonyl (C=O) groups excluding carboxylic acids is 2. The van der Waals surface area contributed by atoms with E-state index in [1.54, 1.807) is 0 Å². The van der Waals surface area contributed by atoms with Crippen molar-refractivity contribution < 1.29 is 9.59 Å². The van der Waals surface area contributed by atoms with E-state index in [4.69, 9.17) is 4.79 Å². The molecular formula is C9H16O2. The Morgan fingerprint density at radius 3 is 1.82 bits per heavy atom. The van der Waals surface area contributed by atoms with E-state index >= 15 is 0 Å². The van der Waals surface area contributed by atoms with Gasteiger partial charge in [0.05, 0.1) is 0 Å². The smallest absolute Gasteiger partial charge is 0.123 e. The molecule has 0 heterocycles. The van der Waals surface area contributed by atoms with Crippen LogP contribution in [-0.4, -0.2) is 12.6 Å². The van der Waals surface area contributed by atoms with Crippen LogP contribution in [0.25, 0.3) is 0 Å². The molecule has 0 bridgehead atoms. The summed E-state index contributed by atoms with van der Waals surface area (Å²) in [5.41, 5.74) is 0. The fraction of sp³-hybridized carbons (Fsp3) is 0.778. The Morgan fingerprint density at radius 2 is 1.55 bits per heavy atom. The minimum atomic E-state index is 0.406. The van der Waals surface area contributed by atoms with Crippen molar-refractivity contribution in [2.45, 2.75) is 39.0 Å². The highest BCUT2D eigenvalue weighted by Crippen LogP contribution is 2.21. The zero-order valence-corrected chi connectivity index (χ0v) is 7.08. The molecule has 1 aliphatic rings. The van der Waals surface area contributed by atoms with Crippen LogP contribution >= 0.6 is 0 Å². The van der Waals surface area contributed by atoms with Crippen LogP contribution in [0.1, 0.15) is 39.0 Å². The molecule has 0 saturated heterocycles. The van der Waals surface area contributed by atoms with Crippen LogP contribution in [0.4, 0.5) is 0 Å². The summed E-state index contributed by atoms with van der Waals surface area (Å²) in [6.07, 6.45) is 8.02. The molecule has 1 saturated carbocycles. The summed E-state index contributed by atoms with van der Waals surface area (Å²) in [6.45, 7) is 1.44. The van der Waals surface area contributed by atoms with Gasteiger partial charge < -0.3 is 9.59 Å². The molecule has 64 valence electrons. The second kappa shape index (κ2) is 7.45. The molecule has 0 aromatic rings. The molecule has 0 radical (unpaired) electrons. The summed E-state index contributed by atoms with van der Waals surface area (Å²) in [4.78, 5) is 19.0. The second-order valence-corrected chi connectivity index (χ2v) is 2.77. The van der Waals surface area contributed by atoms with Gasteiger partial charge in [0.25, 0.3) is 0 Å². The fourth-order valence-corrected chi connectivity index (χ4v) is 1.27. The lowest BCUT2D eigenvalue weighted by molar-refractivity contribution is -0.111. The van der Waals surface area contributed by atoms with Gasteiger partial charge in [0, 0.05) is 5.92 Å². The van der Waals surface area contributed by atoms with Crippen molar-refractivity contribution in [1.29, 1.82) is 0 Å². The van der Waals surface area contributed by atoms with Crippen molar-refractivity contribution in [2.75, 3.05) is 0 Å². The predicted octanol–water partition coefficient (Wildman–Crippen LogP) is 1.97. The maximum Gasteiger partial charge on any atom is 0.123 e. The minimum absolute atomic E-state index is 0.406. The van der Waals surface area contributed by atoms with E-state index in [0.29, 0.717) is 5.92 Å². The molecule has 0 amide bonds. The average Bonchev–Trinajstić information content (AvgIpc) is 2.08. The lowest BCUT2D eigenvalue weighted by atomic mass is 9.91. The molecular weight excluding hydrogens is 140 g/mol. The Labute approximate surface area is 68.0 Å². The van der Waals surface area contributed by atoms with Gasteiger partial charge in [-0.05, 0) is 19.8 Å². The zero-order chi connectivity index (χ0) is 8.53. The maximum atomic E-state index is 10.2. The van der Waals surface area contributed by atoms with Gasteiger partial charge in [-0.3, -0.25) is 0 Å². The summed E-state index contributed by atoms with van der Waals surface area (Å²) in [5.74, 6) is 0.406. The first-order valence-corrected chi connectivity index (χ1v) is 4.20. The van der Waals surface area contributed by atoms with Crippen LogP contribution < -0.4 is 0 Å². The molecule has 2 heteroatoms. The Hall–Kier alpha value is -0.660. The Kier molecular flexibility index (Phi) is 7.00. The van der Waals surface area contributed by atoms with Crippen LogP contribution in [0.2, 0.25) is 0 Å². The Bertz CT molecular complexity index is 104. The molecule has 0 spiro atoms. The SMILES string of the molecule is CC=O.O=CC1CCCCC1. The number of carbonyl (C=O) groups is 2. The summed E-state index contributed by atoms with van der Waals surface area (Å²) in [5, 5.41) is 0. The normalized spacial score (nSPS) is 17.9. The molecule has 2 nitrogen and oxygen atoms in total. The van der Waals surface area contributed by atoms with E-state index in [9.17, 15) is 4.79 Å². The monoisotopic (exact) mass is 156 g/mol. The predicted molar refractivity (Wildman–Crippen MR) is 44.4 cm³/mol. The molecule has 1 fully saturated rings. The van der Waals surface area contributed by atoms with Crippen LogP contribution in [0.15, 0.2) is 0 Å². The minimum Gasteiger partial charge on any atom is -0.304 e. The van der Waals surface area contributed by atoms with Gasteiger partial charge >= 0.3 is 0 Å². The van der Waals surface area contributed by atoms with Gasteiger partial charge in [0.2, 0.25) is 0 Å². The summed E-state index contributed by atoms with van der Waals surface area (Å²) >= 11 is 0. The van der Waals surface area contributed by atoms with E-state index in [1.807, 2.05) is 0 Å². The van der Waals surface area contributed by atoms with Crippen molar-refractivity contribution in [3.05, 3.63) is 0 Å². The molecule has 0 N–H and O–H groups in total. The molecule has 0 aromatic heterocycles.